The molecule has 0 heterocycles. The maximum atomic E-state index is 11.7. The van der Waals surface area contributed by atoms with Gasteiger partial charge in [0.2, 0.25) is 0 Å². The van der Waals surface area contributed by atoms with Crippen molar-refractivity contribution in [1.29, 1.82) is 0 Å². The van der Waals surface area contributed by atoms with Gasteiger partial charge in [0.05, 0.1) is 6.42 Å². The minimum absolute atomic E-state index is 0.0311. The summed E-state index contributed by atoms with van der Waals surface area (Å²) in [6.45, 7) is 5.17. The molecule has 22 heavy (non-hydrogen) atoms. The zero-order valence-corrected chi connectivity index (χ0v) is 13.1. The van der Waals surface area contributed by atoms with Crippen molar-refractivity contribution < 1.29 is 19.1 Å². The van der Waals surface area contributed by atoms with E-state index in [-0.39, 0.29) is 12.5 Å². The van der Waals surface area contributed by atoms with Gasteiger partial charge in [-0.3, -0.25) is 14.9 Å². The molecule has 1 atom stereocenters. The number of hydrogen-bond donors (Lipinski definition) is 2. The highest BCUT2D eigenvalue weighted by molar-refractivity contribution is 5.95. The van der Waals surface area contributed by atoms with Crippen LogP contribution < -0.4 is 10.6 Å². The van der Waals surface area contributed by atoms with Crippen LogP contribution in [0.5, 0.6) is 0 Å². The van der Waals surface area contributed by atoms with Crippen LogP contribution in [-0.2, 0) is 20.7 Å². The SMILES string of the molecule is CC[C@H](C)NC(=O)NC(=O)COC(=O)Cc1ccccc1C. The van der Waals surface area contributed by atoms with Crippen molar-refractivity contribution in [1.82, 2.24) is 10.6 Å². The molecule has 6 heteroatoms. The normalized spacial score (nSPS) is 11.4. The fourth-order valence-electron chi connectivity index (χ4n) is 1.69. The van der Waals surface area contributed by atoms with Crippen LogP contribution in [0, 0.1) is 6.92 Å². The van der Waals surface area contributed by atoms with Crippen LogP contribution in [0.2, 0.25) is 0 Å². The third-order valence-electron chi connectivity index (χ3n) is 3.20. The number of amides is 3. The van der Waals surface area contributed by atoms with Crippen molar-refractivity contribution in [2.24, 2.45) is 0 Å². The smallest absolute Gasteiger partial charge is 0.321 e. The average molecular weight is 306 g/mol. The van der Waals surface area contributed by atoms with Crippen molar-refractivity contribution in [3.8, 4) is 0 Å². The molecule has 3 amide bonds. The number of benzene rings is 1. The third-order valence-corrected chi connectivity index (χ3v) is 3.20. The first-order chi connectivity index (χ1) is 10.4. The van der Waals surface area contributed by atoms with Gasteiger partial charge in [0.1, 0.15) is 0 Å². The Morgan fingerprint density at radius 3 is 2.55 bits per heavy atom. The second-order valence-electron chi connectivity index (χ2n) is 5.09. The number of aryl methyl sites for hydroxylation is 1. The Kier molecular flexibility index (Phi) is 7.08. The summed E-state index contributed by atoms with van der Waals surface area (Å²) in [5.74, 6) is -1.16. The van der Waals surface area contributed by atoms with Crippen molar-refractivity contribution in [2.75, 3.05) is 6.61 Å². The Labute approximate surface area is 130 Å². The summed E-state index contributed by atoms with van der Waals surface area (Å²) in [5, 5.41) is 4.69. The van der Waals surface area contributed by atoms with Gasteiger partial charge >= 0.3 is 12.0 Å². The zero-order chi connectivity index (χ0) is 16.5. The van der Waals surface area contributed by atoms with Gasteiger partial charge in [-0.2, -0.15) is 0 Å². The lowest BCUT2D eigenvalue weighted by molar-refractivity contribution is -0.147. The predicted octanol–water partition coefficient (Wildman–Crippen LogP) is 1.71. The number of imide groups is 1. The van der Waals surface area contributed by atoms with E-state index in [0.717, 1.165) is 17.5 Å². The molecule has 6 nitrogen and oxygen atoms in total. The van der Waals surface area contributed by atoms with E-state index in [2.05, 4.69) is 10.6 Å². The molecular formula is C16H22N2O4. The number of ether oxygens (including phenoxy) is 1. The van der Waals surface area contributed by atoms with E-state index >= 15 is 0 Å². The molecule has 0 aliphatic rings. The number of esters is 1. The quantitative estimate of drug-likeness (QED) is 0.784. The van der Waals surface area contributed by atoms with Crippen molar-refractivity contribution >= 4 is 17.9 Å². The molecule has 0 saturated heterocycles. The number of nitrogens with one attached hydrogen (secondary N) is 2. The van der Waals surface area contributed by atoms with Crippen LogP contribution >= 0.6 is 0 Å². The lowest BCUT2D eigenvalue weighted by Crippen LogP contribution is -2.44. The molecule has 0 radical (unpaired) electrons. The van der Waals surface area contributed by atoms with E-state index in [1.54, 1.807) is 0 Å². The number of carbonyl (C=O) groups excluding carboxylic acids is 3. The average Bonchev–Trinajstić information content (AvgIpc) is 2.47. The molecule has 0 saturated carbocycles. The topological polar surface area (TPSA) is 84.5 Å². The molecule has 0 bridgehead atoms. The number of urea groups is 1. The molecular weight excluding hydrogens is 284 g/mol. The summed E-state index contributed by atoms with van der Waals surface area (Å²) in [7, 11) is 0. The van der Waals surface area contributed by atoms with Gasteiger partial charge in [0.25, 0.3) is 5.91 Å². The number of rotatable bonds is 6. The van der Waals surface area contributed by atoms with Crippen LogP contribution in [0.15, 0.2) is 24.3 Å². The van der Waals surface area contributed by atoms with Crippen molar-refractivity contribution in [2.45, 2.75) is 39.7 Å². The van der Waals surface area contributed by atoms with Crippen LogP contribution in [0.25, 0.3) is 0 Å². The van der Waals surface area contributed by atoms with Gasteiger partial charge in [-0.25, -0.2) is 4.79 Å². The molecule has 1 aromatic rings. The Morgan fingerprint density at radius 2 is 1.91 bits per heavy atom. The summed E-state index contributed by atoms with van der Waals surface area (Å²) in [5.41, 5.74) is 1.83. The van der Waals surface area contributed by atoms with Gasteiger partial charge in [-0.05, 0) is 31.4 Å². The second kappa shape index (κ2) is 8.81. The predicted molar refractivity (Wildman–Crippen MR) is 82.3 cm³/mol. The molecule has 1 rings (SSSR count). The summed E-state index contributed by atoms with van der Waals surface area (Å²) < 4.78 is 4.86. The first-order valence-corrected chi connectivity index (χ1v) is 7.22. The molecule has 1 aromatic carbocycles. The lowest BCUT2D eigenvalue weighted by atomic mass is 10.1. The number of hydrogen-bond acceptors (Lipinski definition) is 4. The van der Waals surface area contributed by atoms with E-state index in [9.17, 15) is 14.4 Å². The molecule has 0 fully saturated rings. The zero-order valence-electron chi connectivity index (χ0n) is 13.1. The summed E-state index contributed by atoms with van der Waals surface area (Å²) >= 11 is 0. The Balaban J connectivity index is 2.33. The van der Waals surface area contributed by atoms with Crippen molar-refractivity contribution in [3.05, 3.63) is 35.4 Å². The van der Waals surface area contributed by atoms with E-state index in [0.29, 0.717) is 0 Å². The fraction of sp³-hybridized carbons (Fsp3) is 0.438. The number of carbonyl (C=O) groups is 3. The second-order valence-corrected chi connectivity index (χ2v) is 5.09. The molecule has 0 aromatic heterocycles. The van der Waals surface area contributed by atoms with Crippen LogP contribution in [0.4, 0.5) is 4.79 Å². The van der Waals surface area contributed by atoms with Crippen LogP contribution in [0.1, 0.15) is 31.4 Å². The van der Waals surface area contributed by atoms with Gasteiger partial charge in [-0.1, -0.05) is 31.2 Å². The Hall–Kier alpha value is -2.37. The Bertz CT molecular complexity index is 543. The first kappa shape index (κ1) is 17.7. The van der Waals surface area contributed by atoms with Crippen LogP contribution in [0.3, 0.4) is 0 Å². The van der Waals surface area contributed by atoms with Gasteiger partial charge in [-0.15, -0.1) is 0 Å². The van der Waals surface area contributed by atoms with Crippen LogP contribution in [-0.4, -0.2) is 30.6 Å². The highest BCUT2D eigenvalue weighted by Gasteiger charge is 2.13. The molecule has 120 valence electrons. The van der Waals surface area contributed by atoms with E-state index in [1.807, 2.05) is 45.0 Å². The van der Waals surface area contributed by atoms with Crippen molar-refractivity contribution in [3.63, 3.8) is 0 Å². The van der Waals surface area contributed by atoms with E-state index in [4.69, 9.17) is 4.74 Å². The van der Waals surface area contributed by atoms with Gasteiger partial charge in [0, 0.05) is 6.04 Å². The monoisotopic (exact) mass is 306 g/mol. The molecule has 0 aliphatic carbocycles. The molecule has 0 aliphatic heterocycles. The summed E-state index contributed by atoms with van der Waals surface area (Å²) in [4.78, 5) is 34.6. The summed E-state index contributed by atoms with van der Waals surface area (Å²) in [6, 6.07) is 6.82. The highest BCUT2D eigenvalue weighted by Crippen LogP contribution is 2.08. The first-order valence-electron chi connectivity index (χ1n) is 7.22. The fourth-order valence-corrected chi connectivity index (χ4v) is 1.69. The minimum Gasteiger partial charge on any atom is -0.455 e. The summed E-state index contributed by atoms with van der Waals surface area (Å²) in [6.07, 6.45) is 0.853. The molecule has 2 N–H and O–H groups in total. The molecule has 0 unspecified atom stereocenters. The van der Waals surface area contributed by atoms with E-state index < -0.39 is 24.5 Å². The maximum absolute atomic E-state index is 11.7. The third kappa shape index (κ3) is 6.39. The highest BCUT2D eigenvalue weighted by atomic mass is 16.5. The van der Waals surface area contributed by atoms with Gasteiger partial charge in [0.15, 0.2) is 6.61 Å². The maximum Gasteiger partial charge on any atom is 0.321 e. The largest absolute Gasteiger partial charge is 0.455 e. The Morgan fingerprint density at radius 1 is 1.23 bits per heavy atom. The molecule has 0 spiro atoms. The minimum atomic E-state index is -0.654. The lowest BCUT2D eigenvalue weighted by Gasteiger charge is -2.12. The van der Waals surface area contributed by atoms with Gasteiger partial charge < -0.3 is 10.1 Å². The standard InChI is InChI=1S/C16H22N2O4/c1-4-12(3)17-16(21)18-14(19)10-22-15(20)9-13-8-6-5-7-11(13)2/h5-8,12H,4,9-10H2,1-3H3,(H2,17,18,19,21)/t12-/m0/s1. The van der Waals surface area contributed by atoms with E-state index in [1.165, 1.54) is 0 Å².